The predicted molar refractivity (Wildman–Crippen MR) is 452 cm³/mol. The molecule has 124 heavy (non-hydrogen) atoms. The average Bonchev–Trinajstić information content (AvgIpc) is 1.62. The number of Topliss-reactive ketones (excluding diaryl/α,β-unsaturated/α-hetero) is 2. The van der Waals surface area contributed by atoms with Crippen molar-refractivity contribution in [2.24, 2.45) is 27.1 Å². The first kappa shape index (κ1) is 90.4. The molecule has 646 valence electrons. The molecule has 3 saturated heterocycles. The van der Waals surface area contributed by atoms with E-state index >= 15 is 0 Å². The number of nitrogens with zero attached hydrogens (tertiary/aromatic N) is 13. The number of phenols is 1. The van der Waals surface area contributed by atoms with Crippen LogP contribution in [0.2, 0.25) is 0 Å². The molecule has 5 aromatic heterocycles. The van der Waals surface area contributed by atoms with Crippen LogP contribution in [-0.4, -0.2) is 191 Å². The molecule has 35 nitrogen and oxygen atoms in total. The molecule has 6 aliphatic rings. The number of aliphatic carboxylic acids is 2. The van der Waals surface area contributed by atoms with Gasteiger partial charge in [0.1, 0.15) is 52.8 Å². The fourth-order valence-corrected chi connectivity index (χ4v) is 18.0. The number of hydrogen-bond acceptors (Lipinski definition) is 33. The molecule has 6 N–H and O–H groups in total. The zero-order chi connectivity index (χ0) is 88.9. The molecular weight excluding hydrogens is 1700 g/mol. The number of anilines is 2. The number of nitrogens with two attached hydrogens (primary N) is 2. The molecule has 0 bridgehead atoms. The Morgan fingerprint density at radius 2 is 0.935 bits per heavy atom. The minimum Gasteiger partial charge on any atom is -0.543 e. The van der Waals surface area contributed by atoms with Gasteiger partial charge in [0.05, 0.1) is 48.5 Å². The van der Waals surface area contributed by atoms with Crippen molar-refractivity contribution in [3.63, 3.8) is 0 Å². The van der Waals surface area contributed by atoms with E-state index in [1.807, 2.05) is 88.5 Å². The number of benzene rings is 3. The summed E-state index contributed by atoms with van der Waals surface area (Å²) in [5.41, 5.74) is 11.0. The van der Waals surface area contributed by atoms with Crippen molar-refractivity contribution in [3.05, 3.63) is 227 Å². The molecule has 0 aliphatic carbocycles. The second kappa shape index (κ2) is 39.6. The van der Waals surface area contributed by atoms with Crippen LogP contribution in [0.5, 0.6) is 17.2 Å². The van der Waals surface area contributed by atoms with Crippen molar-refractivity contribution in [2.45, 2.75) is 133 Å². The predicted octanol–water partition coefficient (Wildman–Crippen LogP) is 5.72. The van der Waals surface area contributed by atoms with Gasteiger partial charge in [-0.25, -0.2) is 32.9 Å². The van der Waals surface area contributed by atoms with E-state index in [2.05, 4.69) is 34.0 Å². The van der Waals surface area contributed by atoms with Gasteiger partial charge in [0.25, 0.3) is 5.91 Å². The quantitative estimate of drug-likeness (QED) is 0.0101. The third-order valence-electron chi connectivity index (χ3n) is 19.5. The summed E-state index contributed by atoms with van der Waals surface area (Å²) in [5.74, 6) is -6.26. The first-order valence-electron chi connectivity index (χ1n) is 38.4. The fraction of sp³-hybridized carbons (Fsp3) is 0.333. The molecule has 14 rings (SSSR count). The number of carbonyl (C=O) groups excluding carboxylic acids is 9. The van der Waals surface area contributed by atoms with Crippen molar-refractivity contribution in [3.8, 4) is 17.2 Å². The summed E-state index contributed by atoms with van der Waals surface area (Å²) >= 11 is 6.02. The summed E-state index contributed by atoms with van der Waals surface area (Å²) in [5, 5.41) is 37.7. The van der Waals surface area contributed by atoms with E-state index < -0.39 is 98.7 Å². The normalized spacial score (nSPS) is 18.8. The number of aromatic nitrogens is 7. The largest absolute Gasteiger partial charge is 0.543 e. The van der Waals surface area contributed by atoms with Crippen molar-refractivity contribution in [1.82, 2.24) is 33.4 Å². The van der Waals surface area contributed by atoms with Crippen molar-refractivity contribution in [2.75, 3.05) is 42.9 Å². The van der Waals surface area contributed by atoms with Crippen molar-refractivity contribution in [1.29, 1.82) is 0 Å². The highest BCUT2D eigenvalue weighted by Crippen LogP contribution is 2.48. The van der Waals surface area contributed by atoms with Crippen molar-refractivity contribution >= 4 is 145 Å². The number of para-hydroxylation sites is 1. The molecule has 8 aromatic rings. The minimum absolute atomic E-state index is 0.0108. The number of hydrogen-bond donors (Lipinski definition) is 4. The molecule has 0 spiro atoms. The number of rotatable bonds is 31. The first-order valence-corrected chi connectivity index (χ1v) is 43.1. The molecule has 3 aromatic carbocycles. The third kappa shape index (κ3) is 21.6. The number of ether oxygens (including phenoxy) is 5. The number of aromatic hydroxyl groups is 1. The van der Waals surface area contributed by atoms with E-state index in [9.17, 15) is 63.3 Å². The summed E-state index contributed by atoms with van der Waals surface area (Å²) < 4.78 is 40.9. The maximum atomic E-state index is 13.8. The Bertz CT molecular complexity index is 5570. The lowest BCUT2D eigenvalue weighted by atomic mass is 9.89. The Labute approximate surface area is 731 Å². The monoisotopic (exact) mass is 1790 g/mol. The standard InChI is InChI=1S/C34H39N6O8S2.C28H25N3O5S.C22H22N6O7S2/c1-33(2,3)47-31(44)34(4,5)48-37-25(27-36-32(35)50-38-27)24(41)16-23-28(42)40-26(30(43)46-18-20-10-12-22(45-6)13-11-20)21(19-49-29(23)40)17-39-14-8-7-9-15-39;1-35-22-11-9-19(10-12-22)17-36-28(34)25-21(16-30-13-5-2-6-14-30)18-37-27-24(26(33)31(25)27)29-15-20-7-3-4-8-23(20)32;1-22(2,20(33)34)35-25-14(16-24-21(23)37-26-16)13(29)8-12-17(30)28-15(19(31)32)11(10-36-18(12)28)9-27-6-4-3-5-7-27/h7-15,23,29H,16-19H2,1-6H3,(H2,35,36,38);2-15,24,27H,16-18H2,1H3;3-7,12,18H,8-10H2,1-2H3,(H3-,23,24,26,31,32,33,34)/q+1;;/p+1/b37-25+;;25-14+/t23-,29-;24-,27-;12-,18-/m111/s1. The maximum absolute atomic E-state index is 13.8. The molecular formula is C84H87N15O20S5+2. The van der Waals surface area contributed by atoms with Gasteiger partial charge >= 0.3 is 23.9 Å². The smallest absolute Gasteiger partial charge is 0.355 e. The molecule has 0 unspecified atom stereocenters. The van der Waals surface area contributed by atoms with E-state index in [0.717, 1.165) is 44.7 Å². The first-order chi connectivity index (χ1) is 59.2. The number of esters is 3. The Morgan fingerprint density at radius 1 is 0.540 bits per heavy atom. The number of carboxylic acids is 2. The lowest BCUT2D eigenvalue weighted by molar-refractivity contribution is -0.689. The Hall–Kier alpha value is -12.8. The van der Waals surface area contributed by atoms with Gasteiger partial charge in [0.15, 0.2) is 96.1 Å². The number of methoxy groups -OCH3 is 2. The molecule has 40 heteroatoms. The van der Waals surface area contributed by atoms with Gasteiger partial charge in [0.2, 0.25) is 34.7 Å². The van der Waals surface area contributed by atoms with Crippen LogP contribution in [0.3, 0.4) is 0 Å². The Balaban J connectivity index is 0.000000172. The number of carboxylic acid groups (broad SMARTS) is 2. The number of ketones is 2. The number of β-lactam (4-membered cyclic amide) rings is 3. The van der Waals surface area contributed by atoms with Gasteiger partial charge in [-0.1, -0.05) is 64.9 Å². The number of oxime groups is 2. The van der Waals surface area contributed by atoms with Crippen molar-refractivity contribution < 1.29 is 110 Å². The molecule has 6 aliphatic heterocycles. The van der Waals surface area contributed by atoms with E-state index in [0.29, 0.717) is 58.6 Å². The Morgan fingerprint density at radius 3 is 1.32 bits per heavy atom. The number of thioether (sulfide) groups is 3. The van der Waals surface area contributed by atoms with Gasteiger partial charge in [-0.15, -0.1) is 35.3 Å². The fourth-order valence-electron chi connectivity index (χ4n) is 13.0. The second-order valence-electron chi connectivity index (χ2n) is 30.4. The van der Waals surface area contributed by atoms with Crippen LogP contribution in [0.15, 0.2) is 214 Å². The zero-order valence-electron chi connectivity index (χ0n) is 68.5. The third-order valence-corrected chi connectivity index (χ3v) is 24.7. The van der Waals surface area contributed by atoms with Crippen LogP contribution in [0.25, 0.3) is 0 Å². The summed E-state index contributed by atoms with van der Waals surface area (Å²) in [7, 11) is 3.16. The molecule has 11 heterocycles. The highest BCUT2D eigenvalue weighted by molar-refractivity contribution is 8.00. The highest BCUT2D eigenvalue weighted by Gasteiger charge is 2.57. The topological polar surface area (TPSA) is 461 Å². The molecule has 3 amide bonds. The molecule has 0 saturated carbocycles. The highest BCUT2D eigenvalue weighted by atomic mass is 32.2. The van der Waals surface area contributed by atoms with Gasteiger partial charge in [-0.05, 0) is 96.0 Å². The number of amides is 3. The second-order valence-corrected chi connectivity index (χ2v) is 35.3. The van der Waals surface area contributed by atoms with E-state index in [4.69, 9.17) is 44.8 Å². The lowest BCUT2D eigenvalue weighted by Crippen LogP contribution is -2.64. The zero-order valence-corrected chi connectivity index (χ0v) is 72.5. The van der Waals surface area contributed by atoms with Gasteiger partial charge in [0, 0.05) is 118 Å². The number of carbonyl (C=O) groups is 10. The van der Waals surface area contributed by atoms with Gasteiger partial charge in [-0.3, -0.25) is 43.7 Å². The SMILES string of the molecule is CC(C)(O/N=C(\C(=O)C[C@@H]1C(=O)N2C(C(=O)[O-])=C(C[n+]3ccccc3)CS[C@H]12)c1nsc(N)n1)C(=O)O.COc1ccc(COC(=O)C2=C(C[n+]3ccccc3)CS[C@@H]3[C@H](CC(=O)/C(=N\OC(C)(C)C(=O)OC(C)(C)C)c4nsc(N)n4)C(=O)N23)cc1.COc1ccc(COC(=O)C2=C(C[n+]3ccccc3)CS[C@@H]3[C@H](N=Cc4ccccc4O)C(=O)N23)cc1. The van der Waals surface area contributed by atoms with Crippen LogP contribution in [0.4, 0.5) is 10.3 Å². The Kier molecular flexibility index (Phi) is 28.9. The van der Waals surface area contributed by atoms with Crippen LogP contribution in [-0.2, 0) is 105 Å². The van der Waals surface area contributed by atoms with E-state index in [1.54, 1.807) is 137 Å². The maximum Gasteiger partial charge on any atom is 0.355 e. The van der Waals surface area contributed by atoms with Crippen LogP contribution < -0.4 is 39.7 Å². The lowest BCUT2D eigenvalue weighted by Gasteiger charge is -2.50. The number of aliphatic imine (C=N–C) groups is 1. The number of phenolic OH excluding ortho intramolecular Hbond substituents is 1. The summed E-state index contributed by atoms with van der Waals surface area (Å²) in [6, 6.07) is 37.4. The van der Waals surface area contributed by atoms with Crippen LogP contribution in [0.1, 0.15) is 89.6 Å². The number of pyridine rings is 3. The average molecular weight is 1790 g/mol. The summed E-state index contributed by atoms with van der Waals surface area (Å²) in [4.78, 5) is 157. The summed E-state index contributed by atoms with van der Waals surface area (Å²) in [6.07, 6.45) is 12.0. The van der Waals surface area contributed by atoms with Crippen LogP contribution in [0, 0.1) is 11.8 Å². The molecule has 6 atom stereocenters. The van der Waals surface area contributed by atoms with Gasteiger partial charge < -0.3 is 64.9 Å². The van der Waals surface area contributed by atoms with E-state index in [1.165, 1.54) is 67.2 Å². The summed E-state index contributed by atoms with van der Waals surface area (Å²) in [6.45, 7) is 11.7. The number of nitrogen functional groups attached to an aromatic ring is 2. The van der Waals surface area contributed by atoms with Gasteiger partial charge in [-0.2, -0.15) is 18.7 Å². The van der Waals surface area contributed by atoms with E-state index in [-0.39, 0.29) is 100 Å². The number of fused-ring (bicyclic) bond motifs is 3. The molecule has 3 fully saturated rings. The van der Waals surface area contributed by atoms with Crippen LogP contribution >= 0.6 is 58.4 Å². The molecule has 0 radical (unpaired) electrons. The minimum atomic E-state index is -1.75.